The van der Waals surface area contributed by atoms with Crippen LogP contribution in [0, 0.1) is 0 Å². The topological polar surface area (TPSA) is 39.7 Å². The van der Waals surface area contributed by atoms with Gasteiger partial charge < -0.3 is 19.5 Å². The zero-order chi connectivity index (χ0) is 15.1. The summed E-state index contributed by atoms with van der Waals surface area (Å²) in [6, 6.07) is 7.93. The Morgan fingerprint density at radius 3 is 2.81 bits per heavy atom. The van der Waals surface area contributed by atoms with Crippen molar-refractivity contribution in [1.29, 1.82) is 0 Å². The van der Waals surface area contributed by atoms with Gasteiger partial charge in [-0.3, -0.25) is 0 Å². The Balaban J connectivity index is 2.11. The van der Waals surface area contributed by atoms with Gasteiger partial charge >= 0.3 is 0 Å². The highest BCUT2D eigenvalue weighted by Crippen LogP contribution is 2.30. The maximum atomic E-state index is 6.27. The van der Waals surface area contributed by atoms with Gasteiger partial charge in [0, 0.05) is 25.3 Å². The Kier molecular flexibility index (Phi) is 6.42. The van der Waals surface area contributed by atoms with E-state index < -0.39 is 0 Å². The Morgan fingerprint density at radius 1 is 1.43 bits per heavy atom. The largest absolute Gasteiger partial charge is 0.496 e. The summed E-state index contributed by atoms with van der Waals surface area (Å²) in [4.78, 5) is 0. The van der Waals surface area contributed by atoms with E-state index in [0.717, 1.165) is 37.4 Å². The number of benzene rings is 1. The smallest absolute Gasteiger partial charge is 0.124 e. The molecule has 5 heteroatoms. The summed E-state index contributed by atoms with van der Waals surface area (Å²) in [6.07, 6.45) is 1.96. The molecule has 0 aromatic heterocycles. The summed E-state index contributed by atoms with van der Waals surface area (Å²) >= 11 is 4.19. The van der Waals surface area contributed by atoms with Gasteiger partial charge in [-0.25, -0.2) is 0 Å². The van der Waals surface area contributed by atoms with Crippen LogP contribution in [0.2, 0.25) is 0 Å². The number of thiol groups is 1. The zero-order valence-corrected chi connectivity index (χ0v) is 13.3. The Labute approximate surface area is 131 Å². The molecule has 0 bridgehead atoms. The molecule has 1 fully saturated rings. The van der Waals surface area contributed by atoms with Crippen molar-refractivity contribution >= 4 is 12.6 Å². The molecule has 1 heterocycles. The fourth-order valence-electron chi connectivity index (χ4n) is 2.42. The first-order chi connectivity index (χ1) is 10.2. The van der Waals surface area contributed by atoms with E-state index in [0.29, 0.717) is 11.6 Å². The van der Waals surface area contributed by atoms with Gasteiger partial charge in [0.2, 0.25) is 0 Å². The van der Waals surface area contributed by atoms with Crippen LogP contribution in [-0.2, 0) is 9.47 Å². The number of para-hydroxylation sites is 1. The van der Waals surface area contributed by atoms with E-state index in [1.807, 2.05) is 24.3 Å². The summed E-state index contributed by atoms with van der Waals surface area (Å²) in [5, 5.41) is 3.77. The molecule has 0 unspecified atom stereocenters. The standard InChI is InChI=1S/C16H23NO3S/c1-12(21)17-11-16(20-13-7-9-19-10-8-13)14-5-3-4-6-15(14)18-2/h3-6,13,16-17,21H,1,7-11H2,2H3/t16-/m0/s1. The average molecular weight is 309 g/mol. The molecule has 1 N–H and O–H groups in total. The van der Waals surface area contributed by atoms with E-state index in [1.165, 1.54) is 0 Å². The molecule has 1 aromatic rings. The minimum absolute atomic E-state index is 0.104. The lowest BCUT2D eigenvalue weighted by Crippen LogP contribution is -2.29. The van der Waals surface area contributed by atoms with Crippen molar-refractivity contribution in [3.8, 4) is 5.75 Å². The lowest BCUT2D eigenvalue weighted by Gasteiger charge is -2.29. The van der Waals surface area contributed by atoms with Crippen LogP contribution in [-0.4, -0.2) is 33.0 Å². The van der Waals surface area contributed by atoms with Crippen molar-refractivity contribution in [1.82, 2.24) is 5.32 Å². The van der Waals surface area contributed by atoms with Crippen LogP contribution in [0.3, 0.4) is 0 Å². The lowest BCUT2D eigenvalue weighted by atomic mass is 10.1. The summed E-state index contributed by atoms with van der Waals surface area (Å²) in [7, 11) is 1.68. The molecular formula is C16H23NO3S. The average Bonchev–Trinajstić information content (AvgIpc) is 2.52. The Bertz CT molecular complexity index is 461. The van der Waals surface area contributed by atoms with Crippen LogP contribution in [0.5, 0.6) is 5.75 Å². The predicted molar refractivity (Wildman–Crippen MR) is 86.8 cm³/mol. The van der Waals surface area contributed by atoms with Crippen molar-refractivity contribution in [3.63, 3.8) is 0 Å². The molecule has 21 heavy (non-hydrogen) atoms. The van der Waals surface area contributed by atoms with Gasteiger partial charge in [-0.15, -0.1) is 12.6 Å². The third-order valence-electron chi connectivity index (χ3n) is 3.50. The number of rotatable bonds is 7. The van der Waals surface area contributed by atoms with E-state index in [4.69, 9.17) is 14.2 Å². The maximum Gasteiger partial charge on any atom is 0.124 e. The molecule has 1 saturated heterocycles. The van der Waals surface area contributed by atoms with Crippen LogP contribution >= 0.6 is 12.6 Å². The van der Waals surface area contributed by atoms with Crippen molar-refractivity contribution in [2.75, 3.05) is 26.9 Å². The molecule has 0 aliphatic carbocycles. The molecule has 0 saturated carbocycles. The number of hydrogen-bond acceptors (Lipinski definition) is 5. The SMILES string of the molecule is C=C(S)NC[C@H](OC1CCOCC1)c1ccccc1OC. The molecular weight excluding hydrogens is 286 g/mol. The summed E-state index contributed by atoms with van der Waals surface area (Å²) in [6.45, 7) is 5.89. The van der Waals surface area contributed by atoms with Gasteiger partial charge in [0.15, 0.2) is 0 Å². The number of nitrogens with one attached hydrogen (secondary N) is 1. The van der Waals surface area contributed by atoms with Crippen LogP contribution in [0.1, 0.15) is 24.5 Å². The van der Waals surface area contributed by atoms with E-state index in [9.17, 15) is 0 Å². The van der Waals surface area contributed by atoms with Gasteiger partial charge in [-0.05, 0) is 18.9 Å². The third kappa shape index (κ3) is 4.95. The Morgan fingerprint density at radius 2 is 2.14 bits per heavy atom. The minimum atomic E-state index is -0.104. The monoisotopic (exact) mass is 309 g/mol. The highest BCUT2D eigenvalue weighted by Gasteiger charge is 2.23. The second-order valence-corrected chi connectivity index (χ2v) is 5.55. The van der Waals surface area contributed by atoms with Crippen LogP contribution in [0.4, 0.5) is 0 Å². The molecule has 1 atom stereocenters. The first-order valence-electron chi connectivity index (χ1n) is 7.18. The van der Waals surface area contributed by atoms with Gasteiger partial charge in [0.1, 0.15) is 11.9 Å². The van der Waals surface area contributed by atoms with E-state index in [2.05, 4.69) is 24.5 Å². The number of methoxy groups -OCH3 is 1. The highest BCUT2D eigenvalue weighted by molar-refractivity contribution is 7.84. The van der Waals surface area contributed by atoms with Crippen LogP contribution in [0.15, 0.2) is 35.9 Å². The molecule has 4 nitrogen and oxygen atoms in total. The minimum Gasteiger partial charge on any atom is -0.496 e. The molecule has 1 aliphatic rings. The quantitative estimate of drug-likeness (QED) is 0.760. The lowest BCUT2D eigenvalue weighted by molar-refractivity contribution is -0.0686. The molecule has 2 rings (SSSR count). The van der Waals surface area contributed by atoms with Crippen molar-refractivity contribution < 1.29 is 14.2 Å². The molecule has 0 radical (unpaired) electrons. The molecule has 1 aliphatic heterocycles. The fraction of sp³-hybridized carbons (Fsp3) is 0.500. The third-order valence-corrected chi connectivity index (χ3v) is 3.66. The first-order valence-corrected chi connectivity index (χ1v) is 7.63. The van der Waals surface area contributed by atoms with Gasteiger partial charge in [0.05, 0.1) is 18.2 Å². The summed E-state index contributed by atoms with van der Waals surface area (Å²) < 4.78 is 17.1. The van der Waals surface area contributed by atoms with Crippen LogP contribution in [0.25, 0.3) is 0 Å². The fourth-order valence-corrected chi connectivity index (χ4v) is 2.51. The first kappa shape index (κ1) is 16.2. The summed E-state index contributed by atoms with van der Waals surface area (Å²) in [5.74, 6) is 0.834. The number of ether oxygens (including phenoxy) is 3. The summed E-state index contributed by atoms with van der Waals surface area (Å²) in [5.41, 5.74) is 1.04. The predicted octanol–water partition coefficient (Wildman–Crippen LogP) is 2.92. The van der Waals surface area contributed by atoms with E-state index in [-0.39, 0.29) is 12.2 Å². The second-order valence-electron chi connectivity index (χ2n) is 5.01. The molecule has 116 valence electrons. The second kappa shape index (κ2) is 8.32. The van der Waals surface area contributed by atoms with Gasteiger partial charge in [-0.2, -0.15) is 0 Å². The van der Waals surface area contributed by atoms with E-state index in [1.54, 1.807) is 7.11 Å². The number of hydrogen-bond donors (Lipinski definition) is 2. The van der Waals surface area contributed by atoms with Gasteiger partial charge in [-0.1, -0.05) is 24.8 Å². The molecule has 0 spiro atoms. The van der Waals surface area contributed by atoms with Crippen molar-refractivity contribution in [2.45, 2.75) is 25.0 Å². The Hall–Kier alpha value is -1.17. The van der Waals surface area contributed by atoms with Crippen molar-refractivity contribution in [2.24, 2.45) is 0 Å². The molecule has 0 amide bonds. The van der Waals surface area contributed by atoms with Crippen LogP contribution < -0.4 is 10.1 Å². The highest BCUT2D eigenvalue weighted by atomic mass is 32.1. The van der Waals surface area contributed by atoms with E-state index >= 15 is 0 Å². The van der Waals surface area contributed by atoms with Crippen molar-refractivity contribution in [3.05, 3.63) is 41.4 Å². The zero-order valence-electron chi connectivity index (χ0n) is 12.4. The molecule has 1 aromatic carbocycles. The van der Waals surface area contributed by atoms with Gasteiger partial charge in [0.25, 0.3) is 0 Å². The normalized spacial score (nSPS) is 17.2. The maximum absolute atomic E-state index is 6.27.